The van der Waals surface area contributed by atoms with Crippen LogP contribution in [0.15, 0.2) is 48.5 Å². The van der Waals surface area contributed by atoms with Crippen LogP contribution in [-0.2, 0) is 13.9 Å². The van der Waals surface area contributed by atoms with E-state index in [9.17, 15) is 4.79 Å². The highest BCUT2D eigenvalue weighted by molar-refractivity contribution is 6.69. The minimum atomic E-state index is -1.49. The van der Waals surface area contributed by atoms with E-state index >= 15 is 0 Å². The number of hydrogen-bond acceptors (Lipinski definition) is 4. The Hall–Kier alpha value is -2.15. The molecule has 0 heterocycles. The molecule has 5 nitrogen and oxygen atoms in total. The fourth-order valence-corrected chi connectivity index (χ4v) is 4.08. The van der Waals surface area contributed by atoms with Crippen molar-refractivity contribution in [2.24, 2.45) is 0 Å². The fourth-order valence-electron chi connectivity index (χ4n) is 3.38. The van der Waals surface area contributed by atoms with Gasteiger partial charge in [-0.2, -0.15) is 0 Å². The number of carbonyl (C=O) groups excluding carboxylic acids is 1. The summed E-state index contributed by atoms with van der Waals surface area (Å²) in [6.45, 7) is 8.76. The fraction of sp³-hybridized carbons (Fsp3) is 0.409. The summed E-state index contributed by atoms with van der Waals surface area (Å²) >= 11 is 0. The lowest BCUT2D eigenvalue weighted by Gasteiger charge is -2.17. The van der Waals surface area contributed by atoms with E-state index in [0.29, 0.717) is 33.0 Å². The van der Waals surface area contributed by atoms with Crippen LogP contribution in [0.1, 0.15) is 17.0 Å². The van der Waals surface area contributed by atoms with E-state index in [0.717, 1.165) is 0 Å². The van der Waals surface area contributed by atoms with Gasteiger partial charge in [-0.25, -0.2) is 4.79 Å². The summed E-state index contributed by atoms with van der Waals surface area (Å²) in [5.41, 5.74) is 4.87. The smallest absolute Gasteiger partial charge is 0.407 e. The van der Waals surface area contributed by atoms with Gasteiger partial charge >= 0.3 is 6.09 Å². The van der Waals surface area contributed by atoms with Crippen molar-refractivity contribution in [2.45, 2.75) is 25.6 Å². The van der Waals surface area contributed by atoms with E-state index in [1.54, 1.807) is 0 Å². The molecule has 0 saturated heterocycles. The summed E-state index contributed by atoms with van der Waals surface area (Å²) < 4.78 is 16.7. The lowest BCUT2D eigenvalue weighted by molar-refractivity contribution is 0.0954. The minimum Gasteiger partial charge on any atom is -0.449 e. The first-order chi connectivity index (χ1) is 13.5. The molecule has 3 rings (SSSR count). The zero-order chi connectivity index (χ0) is 20.0. The number of nitrogens with one attached hydrogen (secondary N) is 1. The van der Waals surface area contributed by atoms with Crippen LogP contribution < -0.4 is 5.32 Å². The van der Waals surface area contributed by atoms with Crippen molar-refractivity contribution in [2.75, 3.05) is 33.0 Å². The van der Waals surface area contributed by atoms with E-state index in [1.807, 2.05) is 24.3 Å². The second kappa shape index (κ2) is 9.36. The zero-order valence-corrected chi connectivity index (χ0v) is 17.9. The quantitative estimate of drug-likeness (QED) is 0.502. The highest BCUT2D eigenvalue weighted by atomic mass is 28.4. The van der Waals surface area contributed by atoms with Crippen LogP contribution in [0.3, 0.4) is 0 Å². The average molecular weight is 400 g/mol. The van der Waals surface area contributed by atoms with Crippen LogP contribution in [0.5, 0.6) is 0 Å². The number of carbonyl (C=O) groups is 1. The first kappa shape index (κ1) is 20.6. The Morgan fingerprint density at radius 1 is 0.929 bits per heavy atom. The largest absolute Gasteiger partial charge is 0.449 e. The molecule has 28 heavy (non-hydrogen) atoms. The van der Waals surface area contributed by atoms with Crippen LogP contribution in [0, 0.1) is 0 Å². The Balaban J connectivity index is 1.41. The van der Waals surface area contributed by atoms with E-state index in [2.05, 4.69) is 49.2 Å². The molecule has 0 aromatic heterocycles. The third-order valence-electron chi connectivity index (χ3n) is 4.62. The Morgan fingerprint density at radius 2 is 1.54 bits per heavy atom. The van der Waals surface area contributed by atoms with E-state index in [-0.39, 0.29) is 5.92 Å². The Bertz CT molecular complexity index is 758. The third-order valence-corrected chi connectivity index (χ3v) is 5.69. The number of rotatable bonds is 9. The highest BCUT2D eigenvalue weighted by Gasteiger charge is 2.28. The number of alkyl carbamates (subject to hydrolysis) is 1. The molecule has 6 heteroatoms. The summed E-state index contributed by atoms with van der Waals surface area (Å²) in [6.07, 6.45) is -0.413. The number of fused-ring (bicyclic) bond motifs is 3. The van der Waals surface area contributed by atoms with Crippen LogP contribution in [0.25, 0.3) is 11.1 Å². The molecule has 1 aliphatic carbocycles. The predicted molar refractivity (Wildman–Crippen MR) is 113 cm³/mol. The van der Waals surface area contributed by atoms with Gasteiger partial charge in [-0.15, -0.1) is 0 Å². The van der Waals surface area contributed by atoms with Crippen molar-refractivity contribution in [3.05, 3.63) is 59.7 Å². The van der Waals surface area contributed by atoms with E-state index in [1.165, 1.54) is 22.3 Å². The van der Waals surface area contributed by atoms with Gasteiger partial charge in [-0.1, -0.05) is 48.5 Å². The van der Waals surface area contributed by atoms with Gasteiger partial charge in [0.1, 0.15) is 6.61 Å². The van der Waals surface area contributed by atoms with Gasteiger partial charge in [-0.3, -0.25) is 0 Å². The molecule has 0 spiro atoms. The van der Waals surface area contributed by atoms with Crippen LogP contribution >= 0.6 is 0 Å². The topological polar surface area (TPSA) is 56.8 Å². The third kappa shape index (κ3) is 5.44. The number of benzene rings is 2. The van der Waals surface area contributed by atoms with Crippen LogP contribution in [-0.4, -0.2) is 47.4 Å². The normalized spacial score (nSPS) is 13.1. The van der Waals surface area contributed by atoms with Gasteiger partial charge in [-0.05, 0) is 41.9 Å². The molecule has 0 saturated carbocycles. The van der Waals surface area contributed by atoms with Crippen molar-refractivity contribution in [3.63, 3.8) is 0 Å². The van der Waals surface area contributed by atoms with Gasteiger partial charge in [0.05, 0.1) is 19.8 Å². The molecular weight excluding hydrogens is 370 g/mol. The Kier molecular flexibility index (Phi) is 6.88. The molecular formula is C22H29NO4Si. The molecule has 0 unspecified atom stereocenters. The minimum absolute atomic E-state index is 0.0770. The summed E-state index contributed by atoms with van der Waals surface area (Å²) in [6, 6.07) is 16.6. The molecule has 0 aliphatic heterocycles. The molecule has 1 amide bonds. The first-order valence-corrected chi connectivity index (χ1v) is 13.2. The molecule has 0 atom stereocenters. The molecule has 2 aromatic carbocycles. The van der Waals surface area contributed by atoms with Gasteiger partial charge in [0, 0.05) is 12.5 Å². The van der Waals surface area contributed by atoms with Gasteiger partial charge < -0.3 is 19.2 Å². The highest BCUT2D eigenvalue weighted by Crippen LogP contribution is 2.44. The van der Waals surface area contributed by atoms with Gasteiger partial charge in [0.15, 0.2) is 8.32 Å². The second-order valence-corrected chi connectivity index (χ2v) is 12.3. The van der Waals surface area contributed by atoms with Crippen molar-refractivity contribution >= 4 is 14.4 Å². The average Bonchev–Trinajstić information content (AvgIpc) is 2.99. The van der Waals surface area contributed by atoms with E-state index < -0.39 is 14.4 Å². The molecule has 2 aromatic rings. The summed E-state index contributed by atoms with van der Waals surface area (Å²) in [5, 5.41) is 2.74. The lowest BCUT2D eigenvalue weighted by Crippen LogP contribution is -2.30. The first-order valence-electron chi connectivity index (χ1n) is 9.76. The zero-order valence-electron chi connectivity index (χ0n) is 16.9. The predicted octanol–water partition coefficient (Wildman–Crippen LogP) is 4.39. The Morgan fingerprint density at radius 3 is 2.14 bits per heavy atom. The maximum absolute atomic E-state index is 12.0. The van der Waals surface area contributed by atoms with Crippen molar-refractivity contribution in [1.82, 2.24) is 5.32 Å². The number of amides is 1. The molecule has 0 bridgehead atoms. The molecule has 150 valence electrons. The maximum atomic E-state index is 12.0. The Labute approximate surface area is 168 Å². The molecule has 0 radical (unpaired) electrons. The number of hydrogen-bond donors (Lipinski definition) is 1. The summed E-state index contributed by atoms with van der Waals surface area (Å²) in [4.78, 5) is 12.0. The second-order valence-electron chi connectivity index (χ2n) is 7.83. The molecule has 0 fully saturated rings. The SMILES string of the molecule is C[Si](C)(C)OCCOCCNC(=O)OCC1c2ccccc2-c2ccccc21. The molecule has 1 aliphatic rings. The maximum Gasteiger partial charge on any atom is 0.407 e. The van der Waals surface area contributed by atoms with Gasteiger partial charge in [0.2, 0.25) is 0 Å². The van der Waals surface area contributed by atoms with Crippen LogP contribution in [0.4, 0.5) is 4.79 Å². The van der Waals surface area contributed by atoms with Crippen molar-refractivity contribution < 1.29 is 18.7 Å². The summed E-state index contributed by atoms with van der Waals surface area (Å²) in [5.74, 6) is 0.0770. The lowest BCUT2D eigenvalue weighted by atomic mass is 9.98. The summed E-state index contributed by atoms with van der Waals surface area (Å²) in [7, 11) is -1.49. The molecule has 1 N–H and O–H groups in total. The van der Waals surface area contributed by atoms with Crippen molar-refractivity contribution in [3.8, 4) is 11.1 Å². The standard InChI is InChI=1S/C22H29NO4Si/c1-28(2,3)27-15-14-25-13-12-23-22(24)26-16-21-19-10-6-4-8-17(19)18-9-5-7-11-20(18)21/h4-11,21H,12-16H2,1-3H3,(H,23,24). The van der Waals surface area contributed by atoms with E-state index in [4.69, 9.17) is 13.9 Å². The van der Waals surface area contributed by atoms with Crippen molar-refractivity contribution in [1.29, 1.82) is 0 Å². The number of ether oxygens (including phenoxy) is 2. The van der Waals surface area contributed by atoms with Crippen LogP contribution in [0.2, 0.25) is 19.6 Å². The monoisotopic (exact) mass is 399 g/mol. The van der Waals surface area contributed by atoms with Gasteiger partial charge in [0.25, 0.3) is 0 Å².